The van der Waals surface area contributed by atoms with E-state index in [4.69, 9.17) is 4.74 Å². The summed E-state index contributed by atoms with van der Waals surface area (Å²) in [5, 5.41) is 65.6. The van der Waals surface area contributed by atoms with Crippen LogP contribution in [0.15, 0.2) is 122 Å². The largest absolute Gasteiger partial charge is 0.506 e. The van der Waals surface area contributed by atoms with Crippen molar-refractivity contribution in [1.29, 1.82) is 0 Å². The van der Waals surface area contributed by atoms with Crippen molar-refractivity contribution in [2.45, 2.75) is 45.4 Å². The summed E-state index contributed by atoms with van der Waals surface area (Å²) in [6, 6.07) is 27.2. The molecule has 0 fully saturated rings. The maximum Gasteiger partial charge on any atom is 0.243 e. The van der Waals surface area contributed by atoms with E-state index in [9.17, 15) is 28.8 Å². The molecule has 2 heterocycles. The standard InChI is InChI=1S/C21H25N5O5S.C18H18N4O2.Co/c1-3-12-31-13-11-22-32(29,30)17-9-10-19(27)18(14-17)23-24-20-15(2)25-26(21(20)28)16-7-5-4-6-8-16;1-3-13-9-10-16(23)15(11-13)19-20-17-12(2)21-22(18(17)24)14-7-5-4-6-8-14;/h4-10,14,22,27-28H,3,11-13H2,1-2H3;4-11,23-24H,3H2,1-2H3;. The summed E-state index contributed by atoms with van der Waals surface area (Å²) in [6.45, 7) is 8.30. The predicted octanol–water partition coefficient (Wildman–Crippen LogP) is 8.28. The van der Waals surface area contributed by atoms with Crippen molar-refractivity contribution in [1.82, 2.24) is 24.3 Å². The molecule has 301 valence electrons. The quantitative estimate of drug-likeness (QED) is 0.0525. The number of nitrogens with zero attached hydrogens (tertiary/aromatic N) is 8. The fraction of sp³-hybridized carbons (Fsp3) is 0.231. The van der Waals surface area contributed by atoms with Gasteiger partial charge in [-0.3, -0.25) is 0 Å². The van der Waals surface area contributed by atoms with Gasteiger partial charge in [0.1, 0.15) is 22.9 Å². The van der Waals surface area contributed by atoms with Gasteiger partial charge in [0.25, 0.3) is 0 Å². The van der Waals surface area contributed by atoms with Crippen LogP contribution in [0, 0.1) is 13.8 Å². The van der Waals surface area contributed by atoms with Gasteiger partial charge in [-0.1, -0.05) is 56.3 Å². The summed E-state index contributed by atoms with van der Waals surface area (Å²) >= 11 is 0. The molecule has 18 heteroatoms. The number of rotatable bonds is 14. The Hall–Kier alpha value is -5.92. The molecule has 0 saturated carbocycles. The van der Waals surface area contributed by atoms with Crippen LogP contribution < -0.4 is 4.72 Å². The van der Waals surface area contributed by atoms with Gasteiger partial charge in [0.15, 0.2) is 11.4 Å². The number of ether oxygens (including phenoxy) is 1. The number of nitrogens with one attached hydrogen (secondary N) is 1. The van der Waals surface area contributed by atoms with E-state index in [-0.39, 0.29) is 75.1 Å². The molecule has 0 unspecified atom stereocenters. The Morgan fingerprint density at radius 2 is 1.16 bits per heavy atom. The molecule has 2 aromatic heterocycles. The predicted molar refractivity (Wildman–Crippen MR) is 210 cm³/mol. The summed E-state index contributed by atoms with van der Waals surface area (Å²) in [4.78, 5) is -0.0827. The van der Waals surface area contributed by atoms with Crippen LogP contribution in [0.25, 0.3) is 11.4 Å². The second-order valence-corrected chi connectivity index (χ2v) is 14.0. The Kier molecular flexibility index (Phi) is 15.6. The molecule has 57 heavy (non-hydrogen) atoms. The molecule has 16 nitrogen and oxygen atoms in total. The van der Waals surface area contributed by atoms with Crippen LogP contribution >= 0.6 is 0 Å². The molecule has 0 saturated heterocycles. The van der Waals surface area contributed by atoms with Crippen molar-refractivity contribution in [3.63, 3.8) is 0 Å². The maximum absolute atomic E-state index is 12.5. The first-order valence-corrected chi connectivity index (χ1v) is 19.2. The van der Waals surface area contributed by atoms with Gasteiger partial charge in [-0.15, -0.1) is 20.5 Å². The van der Waals surface area contributed by atoms with Crippen molar-refractivity contribution in [3.05, 3.63) is 114 Å². The van der Waals surface area contributed by atoms with Crippen molar-refractivity contribution in [2.75, 3.05) is 19.8 Å². The first-order valence-electron chi connectivity index (χ1n) is 17.7. The normalized spacial score (nSPS) is 11.4. The maximum atomic E-state index is 12.5. The molecule has 0 spiro atoms. The Balaban J connectivity index is 0.000000258. The van der Waals surface area contributed by atoms with Crippen LogP contribution in [0.2, 0.25) is 0 Å². The first kappa shape index (κ1) is 43.8. The zero-order chi connectivity index (χ0) is 40.2. The summed E-state index contributed by atoms with van der Waals surface area (Å²) < 4.78 is 35.4. The van der Waals surface area contributed by atoms with E-state index in [1.165, 1.54) is 27.6 Å². The molecule has 0 amide bonds. The van der Waals surface area contributed by atoms with E-state index in [2.05, 4.69) is 35.4 Å². The molecular formula is C39H43CoN9O7S. The van der Waals surface area contributed by atoms with Crippen molar-refractivity contribution < 1.29 is 50.4 Å². The molecule has 0 aliphatic carbocycles. The van der Waals surface area contributed by atoms with Crippen LogP contribution in [-0.2, 0) is 38.0 Å². The Morgan fingerprint density at radius 3 is 1.65 bits per heavy atom. The average Bonchev–Trinajstić information content (AvgIpc) is 3.66. The zero-order valence-electron chi connectivity index (χ0n) is 31.6. The van der Waals surface area contributed by atoms with E-state index < -0.39 is 10.0 Å². The number of azo groups is 2. The summed E-state index contributed by atoms with van der Waals surface area (Å²) in [7, 11) is -3.83. The number of benzene rings is 4. The molecule has 1 radical (unpaired) electrons. The molecule has 0 aliphatic rings. The number of sulfonamides is 1. The second-order valence-electron chi connectivity index (χ2n) is 12.2. The van der Waals surface area contributed by atoms with Gasteiger partial charge < -0.3 is 25.2 Å². The van der Waals surface area contributed by atoms with Crippen molar-refractivity contribution in [3.8, 4) is 34.6 Å². The minimum atomic E-state index is -3.83. The Morgan fingerprint density at radius 1 is 0.667 bits per heavy atom. The van der Waals surface area contributed by atoms with E-state index in [1.54, 1.807) is 50.2 Å². The van der Waals surface area contributed by atoms with E-state index in [0.717, 1.165) is 24.1 Å². The van der Waals surface area contributed by atoms with Gasteiger partial charge in [0, 0.05) is 29.9 Å². The number of phenolic OH excluding ortho intramolecular Hbond substituents is 2. The second kappa shape index (κ2) is 20.3. The number of aromatic nitrogens is 4. The smallest absolute Gasteiger partial charge is 0.243 e. The van der Waals surface area contributed by atoms with Gasteiger partial charge in [-0.05, 0) is 86.8 Å². The first-order chi connectivity index (χ1) is 26.9. The minimum Gasteiger partial charge on any atom is -0.506 e. The van der Waals surface area contributed by atoms with Crippen molar-refractivity contribution in [2.24, 2.45) is 20.5 Å². The SMILES string of the molecule is CCCOCCNS(=O)(=O)c1ccc(O)c(N=Nc2c(C)nn(-c3ccccc3)c2O)c1.CCc1ccc(O)c(N=Nc2c(C)nn(-c3ccccc3)c2O)c1.[Co]. The third kappa shape index (κ3) is 11.1. The molecule has 0 atom stereocenters. The molecule has 0 bridgehead atoms. The number of para-hydroxylation sites is 2. The number of phenols is 2. The average molecular weight is 841 g/mol. The minimum absolute atomic E-state index is 0. The van der Waals surface area contributed by atoms with E-state index in [1.807, 2.05) is 56.3 Å². The number of hydrogen-bond donors (Lipinski definition) is 5. The third-order valence-electron chi connectivity index (χ3n) is 8.12. The number of aryl methyl sites for hydroxylation is 3. The Bertz CT molecular complexity index is 2420. The molecule has 0 aliphatic heterocycles. The van der Waals surface area contributed by atoms with Gasteiger partial charge in [-0.2, -0.15) is 19.6 Å². The van der Waals surface area contributed by atoms with Gasteiger partial charge in [0.2, 0.25) is 21.8 Å². The zero-order valence-corrected chi connectivity index (χ0v) is 33.5. The Labute approximate surface area is 340 Å². The van der Waals surface area contributed by atoms with Gasteiger partial charge in [-0.25, -0.2) is 13.1 Å². The van der Waals surface area contributed by atoms with E-state index in [0.29, 0.717) is 29.4 Å². The fourth-order valence-electron chi connectivity index (χ4n) is 5.15. The molecule has 4 aromatic carbocycles. The van der Waals surface area contributed by atoms with Gasteiger partial charge >= 0.3 is 0 Å². The summed E-state index contributed by atoms with van der Waals surface area (Å²) in [5.41, 5.74) is 4.05. The molecule has 5 N–H and O–H groups in total. The monoisotopic (exact) mass is 840 g/mol. The topological polar surface area (TPSA) is 221 Å². The third-order valence-corrected chi connectivity index (χ3v) is 9.58. The number of aromatic hydroxyl groups is 4. The molecule has 6 aromatic rings. The molecular weight excluding hydrogens is 797 g/mol. The van der Waals surface area contributed by atoms with Gasteiger partial charge in [0.05, 0.1) is 34.3 Å². The van der Waals surface area contributed by atoms with Crippen LogP contribution in [0.1, 0.15) is 37.2 Å². The van der Waals surface area contributed by atoms with Crippen LogP contribution in [0.3, 0.4) is 0 Å². The summed E-state index contributed by atoms with van der Waals surface area (Å²) in [6.07, 6.45) is 1.68. The number of hydrogen-bond acceptors (Lipinski definition) is 13. The fourth-order valence-corrected chi connectivity index (χ4v) is 6.18. The van der Waals surface area contributed by atoms with Crippen molar-refractivity contribution >= 4 is 32.8 Å². The van der Waals surface area contributed by atoms with E-state index >= 15 is 0 Å². The molecule has 6 rings (SSSR count). The van der Waals surface area contributed by atoms with Crippen LogP contribution in [0.5, 0.6) is 23.3 Å². The summed E-state index contributed by atoms with van der Waals surface area (Å²) in [5.74, 6) is -0.529. The van der Waals surface area contributed by atoms with Crippen LogP contribution in [0.4, 0.5) is 22.7 Å². The van der Waals surface area contributed by atoms with Crippen LogP contribution in [-0.4, -0.2) is 68.2 Å².